The van der Waals surface area contributed by atoms with Crippen LogP contribution in [-0.4, -0.2) is 11.7 Å². The van der Waals surface area contributed by atoms with Gasteiger partial charge < -0.3 is 9.84 Å². The predicted molar refractivity (Wildman–Crippen MR) is 77.9 cm³/mol. The average Bonchev–Trinajstić information content (AvgIpc) is 2.75. The van der Waals surface area contributed by atoms with E-state index in [0.717, 1.165) is 23.6 Å². The maximum Gasteiger partial charge on any atom is 0.138 e. The number of hydrogen-bond donors (Lipinski definition) is 1. The molecule has 1 aromatic heterocycles. The minimum atomic E-state index is 0.242. The van der Waals surface area contributed by atoms with Crippen molar-refractivity contribution in [2.24, 2.45) is 0 Å². The van der Waals surface area contributed by atoms with E-state index in [1.807, 2.05) is 32.0 Å². The van der Waals surface area contributed by atoms with Gasteiger partial charge in [-0.2, -0.15) is 0 Å². The molecule has 100 valence electrons. The molecule has 0 aliphatic rings. The van der Waals surface area contributed by atoms with Crippen LogP contribution in [0.4, 0.5) is 0 Å². The standard InChI is InChI=1S/C16H20N2O/c1-12(16-13(2)18-19-14(16)3)17-11-7-10-15-8-5-4-6-9-15/h4-10,12,17H,11H2,1-3H3. The SMILES string of the molecule is Cc1noc(C)c1C(C)NCC=Cc1ccccc1. The van der Waals surface area contributed by atoms with Crippen LogP contribution in [0, 0.1) is 13.8 Å². The summed E-state index contributed by atoms with van der Waals surface area (Å²) in [6.45, 7) is 6.88. The monoisotopic (exact) mass is 256 g/mol. The Morgan fingerprint density at radius 2 is 2.00 bits per heavy atom. The van der Waals surface area contributed by atoms with Gasteiger partial charge in [-0.3, -0.25) is 0 Å². The molecule has 1 unspecified atom stereocenters. The number of nitrogens with zero attached hydrogens (tertiary/aromatic N) is 1. The Bertz CT molecular complexity index is 524. The molecule has 0 saturated carbocycles. The van der Waals surface area contributed by atoms with Crippen molar-refractivity contribution in [3.63, 3.8) is 0 Å². The van der Waals surface area contributed by atoms with Crippen LogP contribution in [0.2, 0.25) is 0 Å². The van der Waals surface area contributed by atoms with E-state index in [2.05, 4.69) is 41.7 Å². The highest BCUT2D eigenvalue weighted by Crippen LogP contribution is 2.20. The quantitative estimate of drug-likeness (QED) is 0.887. The normalized spacial score (nSPS) is 13.0. The molecule has 3 heteroatoms. The summed E-state index contributed by atoms with van der Waals surface area (Å²) in [5.41, 5.74) is 3.34. The minimum absolute atomic E-state index is 0.242. The number of benzene rings is 1. The molecule has 1 heterocycles. The highest BCUT2D eigenvalue weighted by molar-refractivity contribution is 5.48. The number of hydrogen-bond acceptors (Lipinski definition) is 3. The second kappa shape index (κ2) is 6.34. The summed E-state index contributed by atoms with van der Waals surface area (Å²) < 4.78 is 5.18. The molecule has 0 fully saturated rings. The van der Waals surface area contributed by atoms with Crippen molar-refractivity contribution in [2.75, 3.05) is 6.54 Å². The Hall–Kier alpha value is -1.87. The lowest BCUT2D eigenvalue weighted by Gasteiger charge is -2.11. The molecule has 1 aromatic carbocycles. The predicted octanol–water partition coefficient (Wildman–Crippen LogP) is 3.66. The van der Waals surface area contributed by atoms with Gasteiger partial charge >= 0.3 is 0 Å². The van der Waals surface area contributed by atoms with Gasteiger partial charge in [0.25, 0.3) is 0 Å². The van der Waals surface area contributed by atoms with Crippen LogP contribution in [0.1, 0.15) is 35.5 Å². The van der Waals surface area contributed by atoms with E-state index in [4.69, 9.17) is 4.52 Å². The summed E-state index contributed by atoms with van der Waals surface area (Å²) in [5.74, 6) is 0.893. The van der Waals surface area contributed by atoms with E-state index in [9.17, 15) is 0 Å². The van der Waals surface area contributed by atoms with E-state index < -0.39 is 0 Å². The number of aryl methyl sites for hydroxylation is 2. The van der Waals surface area contributed by atoms with Crippen LogP contribution in [0.15, 0.2) is 40.9 Å². The summed E-state index contributed by atoms with van der Waals surface area (Å²) in [4.78, 5) is 0. The fourth-order valence-electron chi connectivity index (χ4n) is 2.21. The van der Waals surface area contributed by atoms with Crippen molar-refractivity contribution in [3.8, 4) is 0 Å². The third-order valence-corrected chi connectivity index (χ3v) is 3.17. The molecule has 1 N–H and O–H groups in total. The fourth-order valence-corrected chi connectivity index (χ4v) is 2.21. The van der Waals surface area contributed by atoms with Gasteiger partial charge in [-0.25, -0.2) is 0 Å². The Morgan fingerprint density at radius 1 is 1.26 bits per heavy atom. The van der Waals surface area contributed by atoms with Crippen LogP contribution in [-0.2, 0) is 0 Å². The zero-order valence-corrected chi connectivity index (χ0v) is 11.7. The molecule has 19 heavy (non-hydrogen) atoms. The zero-order chi connectivity index (χ0) is 13.7. The van der Waals surface area contributed by atoms with Crippen molar-refractivity contribution in [1.29, 1.82) is 0 Å². The van der Waals surface area contributed by atoms with E-state index in [1.165, 1.54) is 5.56 Å². The molecule has 2 aromatic rings. The van der Waals surface area contributed by atoms with E-state index >= 15 is 0 Å². The fraction of sp³-hybridized carbons (Fsp3) is 0.312. The van der Waals surface area contributed by atoms with E-state index in [-0.39, 0.29) is 6.04 Å². The van der Waals surface area contributed by atoms with Crippen molar-refractivity contribution >= 4 is 6.08 Å². The molecular formula is C16H20N2O. The Balaban J connectivity index is 1.88. The number of nitrogens with one attached hydrogen (secondary N) is 1. The van der Waals surface area contributed by atoms with Crippen molar-refractivity contribution in [1.82, 2.24) is 10.5 Å². The molecule has 0 aliphatic heterocycles. The minimum Gasteiger partial charge on any atom is -0.361 e. The van der Waals surface area contributed by atoms with E-state index in [0.29, 0.717) is 0 Å². The average molecular weight is 256 g/mol. The molecule has 0 spiro atoms. The molecule has 1 atom stereocenters. The Labute approximate surface area is 114 Å². The smallest absolute Gasteiger partial charge is 0.138 e. The first-order chi connectivity index (χ1) is 9.18. The van der Waals surface area contributed by atoms with Crippen LogP contribution < -0.4 is 5.32 Å². The zero-order valence-electron chi connectivity index (χ0n) is 11.7. The van der Waals surface area contributed by atoms with Gasteiger partial charge in [0, 0.05) is 18.2 Å². The lowest BCUT2D eigenvalue weighted by Crippen LogP contribution is -2.19. The van der Waals surface area contributed by atoms with Crippen LogP contribution in [0.25, 0.3) is 6.08 Å². The molecular weight excluding hydrogens is 236 g/mol. The summed E-state index contributed by atoms with van der Waals surface area (Å²) in [7, 11) is 0. The highest BCUT2D eigenvalue weighted by Gasteiger charge is 2.14. The van der Waals surface area contributed by atoms with Crippen molar-refractivity contribution < 1.29 is 4.52 Å². The highest BCUT2D eigenvalue weighted by atomic mass is 16.5. The van der Waals surface area contributed by atoms with Gasteiger partial charge in [0.15, 0.2) is 0 Å². The molecule has 2 rings (SSSR count). The lowest BCUT2D eigenvalue weighted by molar-refractivity contribution is 0.391. The second-order valence-electron chi connectivity index (χ2n) is 4.68. The molecule has 0 amide bonds. The first kappa shape index (κ1) is 13.6. The van der Waals surface area contributed by atoms with Crippen LogP contribution >= 0.6 is 0 Å². The van der Waals surface area contributed by atoms with Gasteiger partial charge in [-0.05, 0) is 26.3 Å². The maximum absolute atomic E-state index is 5.18. The van der Waals surface area contributed by atoms with Gasteiger partial charge in [-0.15, -0.1) is 0 Å². The van der Waals surface area contributed by atoms with Crippen LogP contribution in [0.3, 0.4) is 0 Å². The first-order valence-electron chi connectivity index (χ1n) is 6.56. The molecule has 3 nitrogen and oxygen atoms in total. The summed E-state index contributed by atoms with van der Waals surface area (Å²) in [5, 5.41) is 7.43. The summed E-state index contributed by atoms with van der Waals surface area (Å²) >= 11 is 0. The molecule has 0 aliphatic carbocycles. The molecule has 0 saturated heterocycles. The van der Waals surface area contributed by atoms with Crippen molar-refractivity contribution in [3.05, 3.63) is 59.0 Å². The number of rotatable bonds is 5. The van der Waals surface area contributed by atoms with Gasteiger partial charge in [-0.1, -0.05) is 47.6 Å². The molecule has 0 radical (unpaired) electrons. The van der Waals surface area contributed by atoms with E-state index in [1.54, 1.807) is 0 Å². The van der Waals surface area contributed by atoms with Gasteiger partial charge in [0.1, 0.15) is 5.76 Å². The number of aromatic nitrogens is 1. The second-order valence-corrected chi connectivity index (χ2v) is 4.68. The first-order valence-corrected chi connectivity index (χ1v) is 6.56. The third kappa shape index (κ3) is 3.55. The Kier molecular flexibility index (Phi) is 4.53. The van der Waals surface area contributed by atoms with Crippen molar-refractivity contribution in [2.45, 2.75) is 26.8 Å². The topological polar surface area (TPSA) is 38.1 Å². The summed E-state index contributed by atoms with van der Waals surface area (Å²) in [6.07, 6.45) is 4.25. The largest absolute Gasteiger partial charge is 0.361 e. The van der Waals surface area contributed by atoms with Gasteiger partial charge in [0.05, 0.1) is 5.69 Å². The third-order valence-electron chi connectivity index (χ3n) is 3.17. The van der Waals surface area contributed by atoms with Crippen LogP contribution in [0.5, 0.6) is 0 Å². The summed E-state index contributed by atoms with van der Waals surface area (Å²) in [6, 6.07) is 10.5. The maximum atomic E-state index is 5.18. The molecule has 0 bridgehead atoms. The van der Waals surface area contributed by atoms with Gasteiger partial charge in [0.2, 0.25) is 0 Å². The lowest BCUT2D eigenvalue weighted by atomic mass is 10.1. The Morgan fingerprint density at radius 3 is 2.63 bits per heavy atom.